The number of benzene rings is 1. The van der Waals surface area contributed by atoms with Crippen molar-refractivity contribution in [3.05, 3.63) is 34.6 Å². The summed E-state index contributed by atoms with van der Waals surface area (Å²) in [5.41, 5.74) is 6.66. The fourth-order valence-corrected chi connectivity index (χ4v) is 3.27. The number of nitrogens with zero attached hydrogens (tertiary/aromatic N) is 1. The van der Waals surface area contributed by atoms with Crippen LogP contribution >= 0.6 is 11.6 Å². The van der Waals surface area contributed by atoms with Gasteiger partial charge in [-0.1, -0.05) is 31.0 Å². The standard InChI is InChI=1S/C15H22ClFN2/c1-2-19-8-4-3-5-11(10-18)15(19)13-7-6-12(16)9-14(13)17/h6-7,9,11,15H,2-5,8,10,18H2,1H3. The Morgan fingerprint density at radius 3 is 2.84 bits per heavy atom. The third-order valence-corrected chi connectivity index (χ3v) is 4.34. The zero-order valence-corrected chi connectivity index (χ0v) is 12.2. The highest BCUT2D eigenvalue weighted by atomic mass is 35.5. The minimum atomic E-state index is -0.212. The second kappa shape index (κ2) is 6.69. The lowest BCUT2D eigenvalue weighted by atomic mass is 9.89. The minimum absolute atomic E-state index is 0.0785. The molecule has 0 bridgehead atoms. The second-order valence-corrected chi connectivity index (χ2v) is 5.67. The topological polar surface area (TPSA) is 29.3 Å². The van der Waals surface area contributed by atoms with Crippen molar-refractivity contribution in [3.8, 4) is 0 Å². The molecule has 1 aromatic carbocycles. The predicted octanol–water partition coefficient (Wildman–Crippen LogP) is 3.60. The van der Waals surface area contributed by atoms with E-state index in [9.17, 15) is 4.39 Å². The van der Waals surface area contributed by atoms with Crippen LogP contribution in [0.25, 0.3) is 0 Å². The summed E-state index contributed by atoms with van der Waals surface area (Å²) in [6.07, 6.45) is 3.40. The van der Waals surface area contributed by atoms with E-state index in [2.05, 4.69) is 11.8 Å². The van der Waals surface area contributed by atoms with Crippen molar-refractivity contribution in [1.29, 1.82) is 0 Å². The van der Waals surface area contributed by atoms with E-state index in [-0.39, 0.29) is 11.9 Å². The third-order valence-electron chi connectivity index (χ3n) is 4.10. The summed E-state index contributed by atoms with van der Waals surface area (Å²) in [4.78, 5) is 2.34. The van der Waals surface area contributed by atoms with Crippen LogP contribution < -0.4 is 5.73 Å². The van der Waals surface area contributed by atoms with Gasteiger partial charge in [-0.2, -0.15) is 0 Å². The number of rotatable bonds is 3. The van der Waals surface area contributed by atoms with Crippen LogP contribution in [0.5, 0.6) is 0 Å². The van der Waals surface area contributed by atoms with Crippen LogP contribution in [-0.4, -0.2) is 24.5 Å². The first-order valence-corrected chi connectivity index (χ1v) is 7.44. The van der Waals surface area contributed by atoms with Crippen LogP contribution in [0.4, 0.5) is 4.39 Å². The molecule has 2 atom stereocenters. The van der Waals surface area contributed by atoms with Crippen LogP contribution in [0, 0.1) is 11.7 Å². The number of hydrogen-bond acceptors (Lipinski definition) is 2. The lowest BCUT2D eigenvalue weighted by molar-refractivity contribution is 0.162. The molecule has 1 fully saturated rings. The van der Waals surface area contributed by atoms with Crippen LogP contribution in [0.2, 0.25) is 5.02 Å². The number of halogens is 2. The van der Waals surface area contributed by atoms with Crippen molar-refractivity contribution in [3.63, 3.8) is 0 Å². The van der Waals surface area contributed by atoms with E-state index in [4.69, 9.17) is 17.3 Å². The molecule has 4 heteroatoms. The highest BCUT2D eigenvalue weighted by molar-refractivity contribution is 6.30. The molecule has 0 aliphatic carbocycles. The van der Waals surface area contributed by atoms with Crippen LogP contribution in [0.15, 0.2) is 18.2 Å². The van der Waals surface area contributed by atoms with Gasteiger partial charge in [0.1, 0.15) is 5.82 Å². The van der Waals surface area contributed by atoms with Gasteiger partial charge in [0.25, 0.3) is 0 Å². The van der Waals surface area contributed by atoms with Gasteiger partial charge in [-0.15, -0.1) is 0 Å². The quantitative estimate of drug-likeness (QED) is 0.919. The maximum absolute atomic E-state index is 14.2. The molecule has 1 aliphatic rings. The Balaban J connectivity index is 2.39. The first-order valence-electron chi connectivity index (χ1n) is 7.06. The fourth-order valence-electron chi connectivity index (χ4n) is 3.11. The SMILES string of the molecule is CCN1CCCCC(CN)C1c1ccc(Cl)cc1F. The number of hydrogen-bond donors (Lipinski definition) is 1. The smallest absolute Gasteiger partial charge is 0.129 e. The molecule has 0 radical (unpaired) electrons. The molecule has 2 unspecified atom stereocenters. The van der Waals surface area contributed by atoms with E-state index in [1.807, 2.05) is 6.07 Å². The first-order chi connectivity index (χ1) is 9.17. The van der Waals surface area contributed by atoms with E-state index >= 15 is 0 Å². The van der Waals surface area contributed by atoms with Gasteiger partial charge in [0.15, 0.2) is 0 Å². The van der Waals surface area contributed by atoms with Crippen LogP contribution in [0.1, 0.15) is 37.8 Å². The van der Waals surface area contributed by atoms with E-state index in [0.717, 1.165) is 31.5 Å². The largest absolute Gasteiger partial charge is 0.330 e. The zero-order valence-electron chi connectivity index (χ0n) is 11.4. The Hall–Kier alpha value is -0.640. The van der Waals surface area contributed by atoms with Gasteiger partial charge in [-0.05, 0) is 50.5 Å². The van der Waals surface area contributed by atoms with Crippen molar-refractivity contribution in [2.75, 3.05) is 19.6 Å². The molecule has 0 saturated carbocycles. The lowest BCUT2D eigenvalue weighted by Gasteiger charge is -2.34. The molecule has 0 aromatic heterocycles. The molecule has 1 heterocycles. The minimum Gasteiger partial charge on any atom is -0.330 e. The van der Waals surface area contributed by atoms with E-state index in [1.54, 1.807) is 6.07 Å². The van der Waals surface area contributed by atoms with Gasteiger partial charge in [0, 0.05) is 16.6 Å². The van der Waals surface area contributed by atoms with E-state index < -0.39 is 0 Å². The van der Waals surface area contributed by atoms with Crippen molar-refractivity contribution in [2.45, 2.75) is 32.2 Å². The van der Waals surface area contributed by atoms with Gasteiger partial charge in [0.2, 0.25) is 0 Å². The first kappa shape index (κ1) is 14.8. The fraction of sp³-hybridized carbons (Fsp3) is 0.600. The average Bonchev–Trinajstić information content (AvgIpc) is 2.60. The van der Waals surface area contributed by atoms with Gasteiger partial charge in [-0.3, -0.25) is 4.90 Å². The Morgan fingerprint density at radius 2 is 2.21 bits per heavy atom. The summed E-state index contributed by atoms with van der Waals surface area (Å²) < 4.78 is 14.2. The van der Waals surface area contributed by atoms with Crippen molar-refractivity contribution >= 4 is 11.6 Å². The van der Waals surface area contributed by atoms with Crippen LogP contribution in [-0.2, 0) is 0 Å². The lowest BCUT2D eigenvalue weighted by Crippen LogP contribution is -2.36. The van der Waals surface area contributed by atoms with Gasteiger partial charge < -0.3 is 5.73 Å². The van der Waals surface area contributed by atoms with E-state index in [1.165, 1.54) is 12.5 Å². The molecule has 2 N–H and O–H groups in total. The summed E-state index contributed by atoms with van der Waals surface area (Å²) in [5, 5.41) is 0.446. The maximum atomic E-state index is 14.2. The summed E-state index contributed by atoms with van der Waals surface area (Å²) in [7, 11) is 0. The van der Waals surface area contributed by atoms with Gasteiger partial charge >= 0.3 is 0 Å². The molecule has 19 heavy (non-hydrogen) atoms. The van der Waals surface area contributed by atoms with Crippen LogP contribution in [0.3, 0.4) is 0 Å². The maximum Gasteiger partial charge on any atom is 0.129 e. The Morgan fingerprint density at radius 1 is 1.42 bits per heavy atom. The highest BCUT2D eigenvalue weighted by Gasteiger charge is 2.31. The Bertz CT molecular complexity index is 411. The van der Waals surface area contributed by atoms with Gasteiger partial charge in [0.05, 0.1) is 0 Å². The summed E-state index contributed by atoms with van der Waals surface area (Å²) >= 11 is 5.85. The van der Waals surface area contributed by atoms with E-state index in [0.29, 0.717) is 17.5 Å². The highest BCUT2D eigenvalue weighted by Crippen LogP contribution is 2.36. The molecule has 2 nitrogen and oxygen atoms in total. The van der Waals surface area contributed by atoms with Crippen molar-refractivity contribution in [1.82, 2.24) is 4.90 Å². The molecule has 106 valence electrons. The molecule has 1 saturated heterocycles. The molecule has 0 amide bonds. The summed E-state index contributed by atoms with van der Waals surface area (Å²) in [6.45, 7) is 4.66. The Kier molecular flexibility index (Phi) is 5.20. The summed E-state index contributed by atoms with van der Waals surface area (Å²) in [5.74, 6) is 0.106. The third kappa shape index (κ3) is 3.28. The predicted molar refractivity (Wildman–Crippen MR) is 77.8 cm³/mol. The molecule has 0 spiro atoms. The average molecular weight is 285 g/mol. The molecular formula is C15H22ClFN2. The number of nitrogens with two attached hydrogens (primary N) is 1. The second-order valence-electron chi connectivity index (χ2n) is 5.23. The molecule has 1 aromatic rings. The Labute approximate surface area is 119 Å². The van der Waals surface area contributed by atoms with Crippen molar-refractivity contribution in [2.24, 2.45) is 11.7 Å². The zero-order chi connectivity index (χ0) is 13.8. The van der Waals surface area contributed by atoms with Crippen molar-refractivity contribution < 1.29 is 4.39 Å². The molecular weight excluding hydrogens is 263 g/mol. The number of likely N-dealkylation sites (tertiary alicyclic amines) is 1. The normalized spacial score (nSPS) is 25.3. The van der Waals surface area contributed by atoms with Gasteiger partial charge in [-0.25, -0.2) is 4.39 Å². The molecule has 1 aliphatic heterocycles. The molecule has 2 rings (SSSR count). The monoisotopic (exact) mass is 284 g/mol. The summed E-state index contributed by atoms with van der Waals surface area (Å²) in [6, 6.07) is 5.07.